The lowest BCUT2D eigenvalue weighted by molar-refractivity contribution is -0.117. The summed E-state index contributed by atoms with van der Waals surface area (Å²) < 4.78 is 10.3. The van der Waals surface area contributed by atoms with E-state index < -0.39 is 23.8 Å². The maximum Gasteiger partial charge on any atom is 0.410 e. The van der Waals surface area contributed by atoms with Gasteiger partial charge < -0.3 is 25.1 Å². The summed E-state index contributed by atoms with van der Waals surface area (Å²) in [5.74, 6) is -0.528. The average molecular weight is 445 g/mol. The monoisotopic (exact) mass is 445 g/mol. The third kappa shape index (κ3) is 9.28. The Bertz CT molecular complexity index is 934. The fourth-order valence-electron chi connectivity index (χ4n) is 2.49. The highest BCUT2D eigenvalue weighted by molar-refractivity contribution is 5.93. The number of amides is 3. The molecule has 11 nitrogen and oxygen atoms in total. The van der Waals surface area contributed by atoms with Crippen LogP contribution in [0.3, 0.4) is 0 Å². The van der Waals surface area contributed by atoms with E-state index in [2.05, 4.69) is 20.6 Å². The Morgan fingerprint density at radius 2 is 1.91 bits per heavy atom. The standard InChI is InChI=1S/C21H27N5O6/c1-2-3-13-31-20(29)23-11-12-26(21(30)32-15-16-7-5-4-6-8-16)14-18(27)24-17-9-10-22-19(28)25-17/h4-10H,2-3,11-15H2,1H3,(H,23,29)(H2,22,24,25,27,28). The lowest BCUT2D eigenvalue weighted by Gasteiger charge is -2.21. The molecule has 0 saturated carbocycles. The van der Waals surface area contributed by atoms with E-state index in [0.717, 1.165) is 23.3 Å². The molecule has 0 radical (unpaired) electrons. The molecule has 1 aromatic heterocycles. The van der Waals surface area contributed by atoms with Gasteiger partial charge in [0.2, 0.25) is 5.91 Å². The number of aromatic amines is 1. The lowest BCUT2D eigenvalue weighted by atomic mass is 10.2. The number of alkyl carbamates (subject to hydrolysis) is 1. The van der Waals surface area contributed by atoms with Gasteiger partial charge in [0.15, 0.2) is 0 Å². The van der Waals surface area contributed by atoms with Gasteiger partial charge in [-0.3, -0.25) is 9.69 Å². The van der Waals surface area contributed by atoms with E-state index in [1.54, 1.807) is 12.1 Å². The van der Waals surface area contributed by atoms with E-state index in [9.17, 15) is 19.2 Å². The van der Waals surface area contributed by atoms with Crippen LogP contribution in [-0.2, 0) is 20.9 Å². The molecule has 32 heavy (non-hydrogen) atoms. The SMILES string of the molecule is CCCCOC(=O)NCCN(CC(=O)Nc1cc[nH]c(=O)n1)C(=O)OCc1ccccc1. The van der Waals surface area contributed by atoms with Crippen molar-refractivity contribution in [2.75, 3.05) is 31.6 Å². The molecule has 11 heteroatoms. The first-order valence-corrected chi connectivity index (χ1v) is 10.2. The Morgan fingerprint density at radius 1 is 1.12 bits per heavy atom. The van der Waals surface area contributed by atoms with Crippen molar-refractivity contribution < 1.29 is 23.9 Å². The predicted molar refractivity (Wildman–Crippen MR) is 116 cm³/mol. The van der Waals surface area contributed by atoms with Gasteiger partial charge in [0.1, 0.15) is 19.0 Å². The number of rotatable bonds is 11. The summed E-state index contributed by atoms with van der Waals surface area (Å²) in [7, 11) is 0. The second-order valence-electron chi connectivity index (χ2n) is 6.71. The van der Waals surface area contributed by atoms with Crippen LogP contribution in [0.2, 0.25) is 0 Å². The van der Waals surface area contributed by atoms with Crippen molar-refractivity contribution in [3.8, 4) is 0 Å². The Morgan fingerprint density at radius 3 is 2.62 bits per heavy atom. The number of carbonyl (C=O) groups is 3. The minimum atomic E-state index is -0.732. The Kier molecular flexibility index (Phi) is 10.2. The van der Waals surface area contributed by atoms with Gasteiger partial charge in [0.05, 0.1) is 6.61 Å². The normalized spacial score (nSPS) is 10.2. The molecular formula is C21H27N5O6. The Hall–Kier alpha value is -3.89. The van der Waals surface area contributed by atoms with Crippen molar-refractivity contribution in [2.45, 2.75) is 26.4 Å². The number of unbranched alkanes of at least 4 members (excludes halogenated alkanes) is 1. The minimum Gasteiger partial charge on any atom is -0.450 e. The highest BCUT2D eigenvalue weighted by atomic mass is 16.6. The molecular weight excluding hydrogens is 418 g/mol. The fraction of sp³-hybridized carbons (Fsp3) is 0.381. The number of hydrogen-bond donors (Lipinski definition) is 3. The largest absolute Gasteiger partial charge is 0.450 e. The average Bonchev–Trinajstić information content (AvgIpc) is 2.77. The van der Waals surface area contributed by atoms with Crippen molar-refractivity contribution in [3.63, 3.8) is 0 Å². The van der Waals surface area contributed by atoms with Crippen LogP contribution in [0.15, 0.2) is 47.4 Å². The van der Waals surface area contributed by atoms with Gasteiger partial charge in [-0.2, -0.15) is 4.98 Å². The van der Waals surface area contributed by atoms with E-state index in [1.807, 2.05) is 25.1 Å². The molecule has 0 aliphatic heterocycles. The molecule has 3 N–H and O–H groups in total. The molecule has 0 unspecified atom stereocenters. The van der Waals surface area contributed by atoms with E-state index in [-0.39, 0.29) is 32.1 Å². The molecule has 2 rings (SSSR count). The number of carbonyl (C=O) groups excluding carboxylic acids is 3. The summed E-state index contributed by atoms with van der Waals surface area (Å²) in [6, 6.07) is 10.5. The van der Waals surface area contributed by atoms with Crippen LogP contribution in [0.25, 0.3) is 0 Å². The van der Waals surface area contributed by atoms with E-state index >= 15 is 0 Å². The quantitative estimate of drug-likeness (QED) is 0.448. The van der Waals surface area contributed by atoms with Gasteiger partial charge in [-0.05, 0) is 18.1 Å². The van der Waals surface area contributed by atoms with Crippen molar-refractivity contribution in [1.82, 2.24) is 20.2 Å². The molecule has 0 fully saturated rings. The van der Waals surface area contributed by atoms with Gasteiger partial charge in [0.25, 0.3) is 0 Å². The molecule has 0 aliphatic rings. The maximum atomic E-state index is 12.6. The van der Waals surface area contributed by atoms with E-state index in [1.165, 1.54) is 12.3 Å². The topological polar surface area (TPSA) is 143 Å². The van der Waals surface area contributed by atoms with Crippen LogP contribution in [0.5, 0.6) is 0 Å². The highest BCUT2D eigenvalue weighted by Gasteiger charge is 2.19. The minimum absolute atomic E-state index is 0.00667. The third-order valence-electron chi connectivity index (χ3n) is 4.12. The summed E-state index contributed by atoms with van der Waals surface area (Å²) in [5.41, 5.74) is 0.170. The predicted octanol–water partition coefficient (Wildman–Crippen LogP) is 1.87. The number of nitrogens with zero attached hydrogens (tertiary/aromatic N) is 2. The second kappa shape index (κ2) is 13.4. The zero-order chi connectivity index (χ0) is 23.2. The summed E-state index contributed by atoms with van der Waals surface area (Å²) in [5, 5.41) is 4.97. The third-order valence-corrected chi connectivity index (χ3v) is 4.12. The highest BCUT2D eigenvalue weighted by Crippen LogP contribution is 2.04. The van der Waals surface area contributed by atoms with Crippen LogP contribution in [-0.4, -0.2) is 59.2 Å². The number of hydrogen-bond acceptors (Lipinski definition) is 7. The van der Waals surface area contributed by atoms with Crippen LogP contribution < -0.4 is 16.3 Å². The molecule has 0 bridgehead atoms. The van der Waals surface area contributed by atoms with Gasteiger partial charge in [-0.1, -0.05) is 43.7 Å². The zero-order valence-electron chi connectivity index (χ0n) is 17.8. The first kappa shape index (κ1) is 24.4. The number of H-pyrrole nitrogens is 1. The van der Waals surface area contributed by atoms with Crippen LogP contribution in [0.4, 0.5) is 15.4 Å². The van der Waals surface area contributed by atoms with Gasteiger partial charge in [0, 0.05) is 19.3 Å². The van der Waals surface area contributed by atoms with Gasteiger partial charge in [-0.25, -0.2) is 14.4 Å². The van der Waals surface area contributed by atoms with Gasteiger partial charge >= 0.3 is 17.9 Å². The molecule has 0 atom stereocenters. The Labute approximate surface area is 185 Å². The first-order valence-electron chi connectivity index (χ1n) is 10.2. The van der Waals surface area contributed by atoms with Crippen molar-refractivity contribution >= 4 is 23.9 Å². The second-order valence-corrected chi connectivity index (χ2v) is 6.71. The van der Waals surface area contributed by atoms with Crippen molar-refractivity contribution in [3.05, 3.63) is 58.6 Å². The summed E-state index contributed by atoms with van der Waals surface area (Å²) in [4.78, 5) is 55.0. The number of aromatic nitrogens is 2. The number of benzene rings is 1. The number of nitrogens with one attached hydrogen (secondary N) is 3. The molecule has 0 saturated heterocycles. The van der Waals surface area contributed by atoms with Gasteiger partial charge in [-0.15, -0.1) is 0 Å². The molecule has 0 aliphatic carbocycles. The van der Waals surface area contributed by atoms with Crippen molar-refractivity contribution in [2.24, 2.45) is 0 Å². The van der Waals surface area contributed by atoms with Crippen LogP contribution in [0.1, 0.15) is 25.3 Å². The molecule has 172 valence electrons. The first-order chi connectivity index (χ1) is 15.5. The summed E-state index contributed by atoms with van der Waals surface area (Å²) in [6.45, 7) is 2.01. The molecule has 2 aromatic rings. The lowest BCUT2D eigenvalue weighted by Crippen LogP contribution is -2.43. The maximum absolute atomic E-state index is 12.6. The molecule has 0 spiro atoms. The molecule has 3 amide bonds. The fourth-order valence-corrected chi connectivity index (χ4v) is 2.49. The summed E-state index contributed by atoms with van der Waals surface area (Å²) in [6.07, 6.45) is 1.65. The van der Waals surface area contributed by atoms with Crippen LogP contribution >= 0.6 is 0 Å². The molecule has 1 heterocycles. The van der Waals surface area contributed by atoms with E-state index in [0.29, 0.717) is 6.61 Å². The molecule has 1 aromatic carbocycles. The number of anilines is 1. The van der Waals surface area contributed by atoms with Crippen molar-refractivity contribution in [1.29, 1.82) is 0 Å². The summed E-state index contributed by atoms with van der Waals surface area (Å²) >= 11 is 0. The van der Waals surface area contributed by atoms with Crippen LogP contribution in [0, 0.1) is 0 Å². The number of ether oxygens (including phenoxy) is 2. The van der Waals surface area contributed by atoms with E-state index in [4.69, 9.17) is 9.47 Å². The zero-order valence-corrected chi connectivity index (χ0v) is 17.8. The smallest absolute Gasteiger partial charge is 0.410 e. The Balaban J connectivity index is 1.92.